The van der Waals surface area contributed by atoms with Gasteiger partial charge in [0.25, 0.3) is 5.91 Å². The quantitative estimate of drug-likeness (QED) is 0.912. The molecule has 1 aromatic carbocycles. The number of rotatable bonds is 2. The Morgan fingerprint density at radius 1 is 1.47 bits per heavy atom. The highest BCUT2D eigenvalue weighted by atomic mass is 35.5. The van der Waals surface area contributed by atoms with Crippen LogP contribution in [-0.2, 0) is 0 Å². The first-order valence-electron chi connectivity index (χ1n) is 6.52. The molecular weight excluding hydrogens is 283 g/mol. The normalized spacial score (nSPS) is 23.5. The lowest BCUT2D eigenvalue weighted by Crippen LogP contribution is -2.49. The number of piperidine rings is 1. The maximum absolute atomic E-state index is 12.5. The largest absolute Gasteiger partial charge is 0.338 e. The van der Waals surface area contributed by atoms with Gasteiger partial charge in [0.1, 0.15) is 0 Å². The predicted molar refractivity (Wildman–Crippen MR) is 78.7 cm³/mol. The summed E-state index contributed by atoms with van der Waals surface area (Å²) < 4.78 is 0. The molecule has 2 N–H and O–H groups in total. The minimum absolute atomic E-state index is 0.0575. The fourth-order valence-electron chi connectivity index (χ4n) is 2.50. The second kappa shape index (κ2) is 6.12. The minimum atomic E-state index is -0.0575. The second-order valence-electron chi connectivity index (χ2n) is 5.00. The summed E-state index contributed by atoms with van der Waals surface area (Å²) in [6, 6.07) is 5.15. The summed E-state index contributed by atoms with van der Waals surface area (Å²) >= 11 is 12.0. The molecule has 1 aliphatic heterocycles. The van der Waals surface area contributed by atoms with E-state index < -0.39 is 0 Å². The highest BCUT2D eigenvalue weighted by molar-refractivity contribution is 6.35. The Balaban J connectivity index is 2.18. The molecule has 0 saturated carbocycles. The van der Waals surface area contributed by atoms with Crippen LogP contribution >= 0.6 is 23.2 Å². The first-order chi connectivity index (χ1) is 9.02. The molecule has 2 atom stereocenters. The summed E-state index contributed by atoms with van der Waals surface area (Å²) in [5.41, 5.74) is 6.53. The standard InChI is InChI=1S/C14H18Cl2N2O/c1-2-9-8-18(6-5-13(9)17)14(19)11-7-10(15)3-4-12(11)16/h3-4,7,9,13H,2,5-6,8,17H2,1H3. The lowest BCUT2D eigenvalue weighted by atomic mass is 9.90. The van der Waals surface area contributed by atoms with E-state index in [-0.39, 0.29) is 11.9 Å². The lowest BCUT2D eigenvalue weighted by Gasteiger charge is -2.36. The molecule has 1 heterocycles. The lowest BCUT2D eigenvalue weighted by molar-refractivity contribution is 0.0649. The first kappa shape index (κ1) is 14.6. The highest BCUT2D eigenvalue weighted by Crippen LogP contribution is 2.25. The Kier molecular flexibility index (Phi) is 4.71. The molecule has 1 fully saturated rings. The Morgan fingerprint density at radius 2 is 2.21 bits per heavy atom. The average Bonchev–Trinajstić information content (AvgIpc) is 2.41. The number of benzene rings is 1. The van der Waals surface area contributed by atoms with Gasteiger partial charge in [-0.3, -0.25) is 4.79 Å². The van der Waals surface area contributed by atoms with Crippen LogP contribution in [0.25, 0.3) is 0 Å². The number of nitrogens with zero attached hydrogens (tertiary/aromatic N) is 1. The molecule has 19 heavy (non-hydrogen) atoms. The molecule has 0 radical (unpaired) electrons. The third-order valence-electron chi connectivity index (χ3n) is 3.76. The average molecular weight is 301 g/mol. The smallest absolute Gasteiger partial charge is 0.255 e. The van der Waals surface area contributed by atoms with Crippen LogP contribution < -0.4 is 5.73 Å². The maximum atomic E-state index is 12.5. The van der Waals surface area contributed by atoms with Crippen molar-refractivity contribution in [3.8, 4) is 0 Å². The molecule has 2 unspecified atom stereocenters. The van der Waals surface area contributed by atoms with Crippen LogP contribution in [0.2, 0.25) is 10.0 Å². The van der Waals surface area contributed by atoms with Gasteiger partial charge >= 0.3 is 0 Å². The van der Waals surface area contributed by atoms with E-state index in [9.17, 15) is 4.79 Å². The summed E-state index contributed by atoms with van der Waals surface area (Å²) in [5.74, 6) is 0.300. The van der Waals surface area contributed by atoms with Crippen molar-refractivity contribution < 1.29 is 4.79 Å². The van der Waals surface area contributed by atoms with Gasteiger partial charge in [0, 0.05) is 24.2 Å². The molecule has 2 rings (SSSR count). The van der Waals surface area contributed by atoms with Gasteiger partial charge in [-0.1, -0.05) is 36.5 Å². The minimum Gasteiger partial charge on any atom is -0.338 e. The zero-order valence-electron chi connectivity index (χ0n) is 10.9. The van der Waals surface area contributed by atoms with Gasteiger partial charge in [0.15, 0.2) is 0 Å². The molecule has 3 nitrogen and oxygen atoms in total. The molecule has 1 aromatic rings. The van der Waals surface area contributed by atoms with Gasteiger partial charge < -0.3 is 10.6 Å². The van der Waals surface area contributed by atoms with Gasteiger partial charge in [-0.2, -0.15) is 0 Å². The zero-order valence-corrected chi connectivity index (χ0v) is 12.4. The van der Waals surface area contributed by atoms with E-state index in [0.717, 1.165) is 12.8 Å². The highest BCUT2D eigenvalue weighted by Gasteiger charge is 2.29. The number of halogens is 2. The Labute approximate surface area is 123 Å². The number of likely N-dealkylation sites (tertiary alicyclic amines) is 1. The van der Waals surface area contributed by atoms with Crippen molar-refractivity contribution >= 4 is 29.1 Å². The van der Waals surface area contributed by atoms with Crippen molar-refractivity contribution in [2.75, 3.05) is 13.1 Å². The molecule has 5 heteroatoms. The summed E-state index contributed by atoms with van der Waals surface area (Å²) in [5, 5.41) is 0.964. The third kappa shape index (κ3) is 3.22. The molecule has 0 aliphatic carbocycles. The van der Waals surface area contributed by atoms with Crippen molar-refractivity contribution in [2.45, 2.75) is 25.8 Å². The number of carbonyl (C=O) groups excluding carboxylic acids is 1. The Hall–Kier alpha value is -0.770. The van der Waals surface area contributed by atoms with E-state index in [2.05, 4.69) is 6.92 Å². The Bertz CT molecular complexity index is 479. The molecule has 0 aromatic heterocycles. The topological polar surface area (TPSA) is 46.3 Å². The van der Waals surface area contributed by atoms with Gasteiger partial charge in [0.2, 0.25) is 0 Å². The van der Waals surface area contributed by atoms with Crippen LogP contribution in [0.3, 0.4) is 0 Å². The predicted octanol–water partition coefficient (Wildman–Crippen LogP) is 3.19. The molecule has 0 spiro atoms. The number of hydrogen-bond acceptors (Lipinski definition) is 2. The van der Waals surface area contributed by atoms with E-state index in [1.807, 2.05) is 4.90 Å². The molecule has 1 saturated heterocycles. The summed E-state index contributed by atoms with van der Waals surface area (Å²) in [4.78, 5) is 14.3. The molecule has 104 valence electrons. The molecule has 1 amide bonds. The fourth-order valence-corrected chi connectivity index (χ4v) is 2.87. The van der Waals surface area contributed by atoms with Crippen molar-refractivity contribution in [1.29, 1.82) is 0 Å². The maximum Gasteiger partial charge on any atom is 0.255 e. The van der Waals surface area contributed by atoms with E-state index >= 15 is 0 Å². The van der Waals surface area contributed by atoms with Crippen molar-refractivity contribution in [3.05, 3.63) is 33.8 Å². The summed E-state index contributed by atoms with van der Waals surface area (Å²) in [7, 11) is 0. The number of amides is 1. The summed E-state index contributed by atoms with van der Waals surface area (Å²) in [6.45, 7) is 3.48. The first-order valence-corrected chi connectivity index (χ1v) is 7.28. The van der Waals surface area contributed by atoms with Crippen LogP contribution in [0.1, 0.15) is 30.1 Å². The van der Waals surface area contributed by atoms with Gasteiger partial charge in [-0.15, -0.1) is 0 Å². The molecule has 1 aliphatic rings. The van der Waals surface area contributed by atoms with Gasteiger partial charge in [-0.25, -0.2) is 0 Å². The number of hydrogen-bond donors (Lipinski definition) is 1. The monoisotopic (exact) mass is 300 g/mol. The van der Waals surface area contributed by atoms with Gasteiger partial charge in [-0.05, 0) is 30.5 Å². The van der Waals surface area contributed by atoms with Gasteiger partial charge in [0.05, 0.1) is 10.6 Å². The number of carbonyl (C=O) groups is 1. The van der Waals surface area contributed by atoms with Crippen LogP contribution in [0, 0.1) is 5.92 Å². The van der Waals surface area contributed by atoms with Crippen molar-refractivity contribution in [2.24, 2.45) is 11.7 Å². The van der Waals surface area contributed by atoms with Crippen molar-refractivity contribution in [3.63, 3.8) is 0 Å². The van der Waals surface area contributed by atoms with E-state index in [1.54, 1.807) is 18.2 Å². The molecular formula is C14H18Cl2N2O. The van der Waals surface area contributed by atoms with Crippen LogP contribution in [0.5, 0.6) is 0 Å². The second-order valence-corrected chi connectivity index (χ2v) is 5.84. The van der Waals surface area contributed by atoms with Crippen LogP contribution in [0.4, 0.5) is 0 Å². The SMILES string of the molecule is CCC1CN(C(=O)c2cc(Cl)ccc2Cl)CCC1N. The zero-order chi connectivity index (χ0) is 14.0. The van der Waals surface area contributed by atoms with Crippen molar-refractivity contribution in [1.82, 2.24) is 4.90 Å². The van der Waals surface area contributed by atoms with E-state index in [1.165, 1.54) is 0 Å². The summed E-state index contributed by atoms with van der Waals surface area (Å²) in [6.07, 6.45) is 1.82. The fraction of sp³-hybridized carbons (Fsp3) is 0.500. The number of nitrogens with two attached hydrogens (primary N) is 1. The third-order valence-corrected chi connectivity index (χ3v) is 4.33. The van der Waals surface area contributed by atoms with Crippen LogP contribution in [0.15, 0.2) is 18.2 Å². The van der Waals surface area contributed by atoms with E-state index in [0.29, 0.717) is 34.6 Å². The van der Waals surface area contributed by atoms with E-state index in [4.69, 9.17) is 28.9 Å². The molecule has 0 bridgehead atoms. The van der Waals surface area contributed by atoms with Crippen LogP contribution in [-0.4, -0.2) is 29.9 Å². The Morgan fingerprint density at radius 3 is 2.89 bits per heavy atom.